The van der Waals surface area contributed by atoms with Gasteiger partial charge >= 0.3 is 5.97 Å². The topological polar surface area (TPSA) is 108 Å². The minimum atomic E-state index is -0.978. The molecule has 1 rings (SSSR count). The number of aliphatic carboxylic acids is 1. The van der Waals surface area contributed by atoms with Gasteiger partial charge in [-0.15, -0.1) is 0 Å². The molecule has 0 aromatic carbocycles. The summed E-state index contributed by atoms with van der Waals surface area (Å²) in [7, 11) is 0. The van der Waals surface area contributed by atoms with Gasteiger partial charge in [0.05, 0.1) is 6.42 Å². The molecule has 0 spiro atoms. The zero-order chi connectivity index (χ0) is 11.3. The molecular weight excluding hydrogens is 202 g/mol. The second-order valence-corrected chi connectivity index (χ2v) is 2.99. The van der Waals surface area contributed by atoms with E-state index in [0.29, 0.717) is 0 Å². The van der Waals surface area contributed by atoms with Gasteiger partial charge in [0.15, 0.2) is 0 Å². The maximum Gasteiger partial charge on any atom is 0.305 e. The fourth-order valence-corrected chi connectivity index (χ4v) is 1.02. The van der Waals surface area contributed by atoms with Crippen LogP contribution < -0.4 is 10.7 Å². The first-order valence-corrected chi connectivity index (χ1v) is 4.45. The molecule has 0 aromatic heterocycles. The van der Waals surface area contributed by atoms with Crippen LogP contribution in [0.5, 0.6) is 0 Å². The lowest BCUT2D eigenvalue weighted by Crippen LogP contribution is -2.37. The number of hydrogen-bond donors (Lipinski definition) is 3. The van der Waals surface area contributed by atoms with Crippen molar-refractivity contribution < 1.29 is 19.5 Å². The van der Waals surface area contributed by atoms with Crippen LogP contribution in [0.25, 0.3) is 0 Å². The second-order valence-electron chi connectivity index (χ2n) is 2.99. The van der Waals surface area contributed by atoms with E-state index in [-0.39, 0.29) is 37.4 Å². The van der Waals surface area contributed by atoms with Gasteiger partial charge in [-0.25, -0.2) is 5.43 Å². The van der Waals surface area contributed by atoms with Crippen molar-refractivity contribution in [1.29, 1.82) is 0 Å². The van der Waals surface area contributed by atoms with Crippen molar-refractivity contribution in [1.82, 2.24) is 10.7 Å². The summed E-state index contributed by atoms with van der Waals surface area (Å²) in [4.78, 5) is 32.2. The molecule has 2 amide bonds. The molecule has 0 aliphatic carbocycles. The fraction of sp³-hybridized carbons (Fsp3) is 0.500. The monoisotopic (exact) mass is 213 g/mol. The van der Waals surface area contributed by atoms with E-state index in [1.807, 2.05) is 0 Å². The quantitative estimate of drug-likeness (QED) is 0.547. The highest BCUT2D eigenvalue weighted by atomic mass is 16.4. The van der Waals surface area contributed by atoms with Gasteiger partial charge < -0.3 is 10.4 Å². The van der Waals surface area contributed by atoms with Crippen LogP contribution in [0.1, 0.15) is 19.3 Å². The summed E-state index contributed by atoms with van der Waals surface area (Å²) in [6, 6.07) is 0. The average Bonchev–Trinajstić information content (AvgIpc) is 2.18. The molecule has 7 heteroatoms. The highest BCUT2D eigenvalue weighted by Crippen LogP contribution is 1.99. The van der Waals surface area contributed by atoms with E-state index >= 15 is 0 Å². The summed E-state index contributed by atoms with van der Waals surface area (Å²) in [5, 5.41) is 14.3. The van der Waals surface area contributed by atoms with Gasteiger partial charge in [-0.2, -0.15) is 5.10 Å². The van der Waals surface area contributed by atoms with Crippen LogP contribution in [0.4, 0.5) is 0 Å². The van der Waals surface area contributed by atoms with Gasteiger partial charge in [-0.1, -0.05) is 0 Å². The number of hydrazone groups is 1. The third-order valence-electron chi connectivity index (χ3n) is 1.79. The smallest absolute Gasteiger partial charge is 0.305 e. The summed E-state index contributed by atoms with van der Waals surface area (Å²) in [5.41, 5.74) is 2.41. The predicted molar refractivity (Wildman–Crippen MR) is 50.1 cm³/mol. The Bertz CT molecular complexity index is 324. The molecule has 0 saturated heterocycles. The molecule has 1 aliphatic rings. The van der Waals surface area contributed by atoms with Crippen LogP contribution >= 0.6 is 0 Å². The Balaban J connectivity index is 2.34. The van der Waals surface area contributed by atoms with Crippen molar-refractivity contribution in [3.63, 3.8) is 0 Å². The van der Waals surface area contributed by atoms with E-state index in [0.717, 1.165) is 0 Å². The third kappa shape index (κ3) is 3.75. The molecule has 1 aliphatic heterocycles. The maximum atomic E-state index is 11.3. The predicted octanol–water partition coefficient (Wildman–Crippen LogP) is -1.16. The van der Waals surface area contributed by atoms with Crippen molar-refractivity contribution in [3.8, 4) is 0 Å². The van der Waals surface area contributed by atoms with Crippen molar-refractivity contribution in [2.24, 2.45) is 5.10 Å². The van der Waals surface area contributed by atoms with Crippen molar-refractivity contribution >= 4 is 23.5 Å². The van der Waals surface area contributed by atoms with E-state index < -0.39 is 11.9 Å². The number of hydrogen-bond acceptors (Lipinski definition) is 4. The number of nitrogens with zero attached hydrogens (tertiary/aromatic N) is 1. The fourth-order valence-electron chi connectivity index (χ4n) is 1.02. The largest absolute Gasteiger partial charge is 0.481 e. The zero-order valence-electron chi connectivity index (χ0n) is 7.95. The Morgan fingerprint density at radius 3 is 2.73 bits per heavy atom. The summed E-state index contributed by atoms with van der Waals surface area (Å²) < 4.78 is 0. The molecule has 0 aromatic rings. The Kier molecular flexibility index (Phi) is 3.78. The first-order chi connectivity index (χ1) is 7.09. The molecule has 0 saturated carbocycles. The van der Waals surface area contributed by atoms with Crippen LogP contribution in [-0.2, 0) is 14.4 Å². The zero-order valence-corrected chi connectivity index (χ0v) is 7.95. The highest BCUT2D eigenvalue weighted by molar-refractivity contribution is 6.39. The Morgan fingerprint density at radius 1 is 1.47 bits per heavy atom. The van der Waals surface area contributed by atoms with Crippen LogP contribution in [0.2, 0.25) is 0 Å². The standard InChI is InChI=1S/C8H11N3O4/c12-6-2-1-5(10-11-6)8(15)9-4-3-7(13)14/h1-4H2,(H,9,15)(H,11,12)(H,13,14). The number of carboxylic acid groups (broad SMARTS) is 1. The summed E-state index contributed by atoms with van der Waals surface area (Å²) in [6.07, 6.45) is 0.376. The normalized spacial score (nSPS) is 15.2. The molecular formula is C8H11N3O4. The van der Waals surface area contributed by atoms with Gasteiger partial charge in [0, 0.05) is 19.4 Å². The minimum Gasteiger partial charge on any atom is -0.481 e. The minimum absolute atomic E-state index is 0.0567. The second kappa shape index (κ2) is 5.08. The number of carbonyl (C=O) groups excluding carboxylic acids is 2. The summed E-state index contributed by atoms with van der Waals surface area (Å²) >= 11 is 0. The van der Waals surface area contributed by atoms with Gasteiger partial charge in [0.2, 0.25) is 5.91 Å². The van der Waals surface area contributed by atoms with Crippen LogP contribution in [0.3, 0.4) is 0 Å². The maximum absolute atomic E-state index is 11.3. The number of carboxylic acids is 1. The first kappa shape index (κ1) is 11.2. The van der Waals surface area contributed by atoms with Gasteiger partial charge in [-0.3, -0.25) is 14.4 Å². The van der Waals surface area contributed by atoms with E-state index in [1.165, 1.54) is 0 Å². The van der Waals surface area contributed by atoms with Crippen LogP contribution in [-0.4, -0.2) is 35.1 Å². The van der Waals surface area contributed by atoms with E-state index in [1.54, 1.807) is 0 Å². The molecule has 0 unspecified atom stereocenters. The number of amides is 2. The number of carbonyl (C=O) groups is 3. The van der Waals surface area contributed by atoms with E-state index in [9.17, 15) is 14.4 Å². The van der Waals surface area contributed by atoms with Gasteiger partial charge in [0.25, 0.3) is 5.91 Å². The Hall–Kier alpha value is -1.92. The Morgan fingerprint density at radius 2 is 2.20 bits per heavy atom. The SMILES string of the molecule is O=C(O)CCNC(=O)C1=NNC(=O)CC1. The lowest BCUT2D eigenvalue weighted by Gasteiger charge is -2.11. The molecule has 7 nitrogen and oxygen atoms in total. The molecule has 15 heavy (non-hydrogen) atoms. The number of nitrogens with one attached hydrogen (secondary N) is 2. The van der Waals surface area contributed by atoms with Crippen LogP contribution in [0.15, 0.2) is 5.10 Å². The molecule has 0 radical (unpaired) electrons. The highest BCUT2D eigenvalue weighted by Gasteiger charge is 2.17. The van der Waals surface area contributed by atoms with Crippen molar-refractivity contribution in [2.45, 2.75) is 19.3 Å². The lowest BCUT2D eigenvalue weighted by molar-refractivity contribution is -0.136. The molecule has 0 bridgehead atoms. The number of rotatable bonds is 4. The molecule has 0 fully saturated rings. The third-order valence-corrected chi connectivity index (χ3v) is 1.79. The van der Waals surface area contributed by atoms with E-state index in [2.05, 4.69) is 15.8 Å². The summed E-state index contributed by atoms with van der Waals surface area (Å²) in [6.45, 7) is 0.0567. The van der Waals surface area contributed by atoms with Gasteiger partial charge in [-0.05, 0) is 0 Å². The first-order valence-electron chi connectivity index (χ1n) is 4.45. The molecule has 3 N–H and O–H groups in total. The Labute approximate surface area is 85.5 Å². The van der Waals surface area contributed by atoms with Crippen molar-refractivity contribution in [2.75, 3.05) is 6.54 Å². The van der Waals surface area contributed by atoms with Gasteiger partial charge in [0.1, 0.15) is 5.71 Å². The molecule has 82 valence electrons. The molecule has 1 heterocycles. The van der Waals surface area contributed by atoms with Crippen molar-refractivity contribution in [3.05, 3.63) is 0 Å². The molecule has 0 atom stereocenters. The van der Waals surface area contributed by atoms with Crippen LogP contribution in [0, 0.1) is 0 Å². The lowest BCUT2D eigenvalue weighted by atomic mass is 10.1. The average molecular weight is 213 g/mol. The summed E-state index contributed by atoms with van der Waals surface area (Å²) in [5.74, 6) is -1.64. The van der Waals surface area contributed by atoms with E-state index in [4.69, 9.17) is 5.11 Å².